The first-order valence-electron chi connectivity index (χ1n) is 10.1. The number of aliphatic hydroxyl groups excluding tert-OH is 1. The summed E-state index contributed by atoms with van der Waals surface area (Å²) in [6.07, 6.45) is 1.48. The van der Waals surface area contributed by atoms with E-state index in [1.54, 1.807) is 6.07 Å². The quantitative estimate of drug-likeness (QED) is 0.517. The molecule has 0 saturated carbocycles. The number of anilines is 1. The molecule has 3 heterocycles. The first-order chi connectivity index (χ1) is 15.1. The summed E-state index contributed by atoms with van der Waals surface area (Å²) < 4.78 is 20.5. The van der Waals surface area contributed by atoms with E-state index in [1.165, 1.54) is 23.7 Å². The van der Waals surface area contributed by atoms with Gasteiger partial charge in [0, 0.05) is 40.7 Å². The molecule has 31 heavy (non-hydrogen) atoms. The van der Waals surface area contributed by atoms with Gasteiger partial charge in [-0.25, -0.2) is 19.3 Å². The van der Waals surface area contributed by atoms with Gasteiger partial charge in [0.25, 0.3) is 0 Å². The molecule has 1 N–H and O–H groups in total. The highest BCUT2D eigenvalue weighted by atomic mass is 32.1. The maximum Gasteiger partial charge on any atom is 0.132 e. The van der Waals surface area contributed by atoms with Crippen LogP contribution in [-0.2, 0) is 11.3 Å². The number of aromatic nitrogens is 3. The fourth-order valence-corrected chi connectivity index (χ4v) is 4.57. The first kappa shape index (κ1) is 20.0. The van der Waals surface area contributed by atoms with Crippen molar-refractivity contribution in [2.24, 2.45) is 0 Å². The molecular weight excluding hydrogens is 415 g/mol. The Bertz CT molecular complexity index is 1250. The molecule has 4 aromatic rings. The summed E-state index contributed by atoms with van der Waals surface area (Å²) in [5.41, 5.74) is 5.13. The summed E-state index contributed by atoms with van der Waals surface area (Å²) in [4.78, 5) is 15.6. The fraction of sp³-hybridized carbons (Fsp3) is 0.261. The van der Waals surface area contributed by atoms with Gasteiger partial charge < -0.3 is 14.7 Å². The molecule has 2 aromatic carbocycles. The second-order valence-corrected chi connectivity index (χ2v) is 8.40. The number of nitrogens with zero attached hydrogens (tertiary/aromatic N) is 4. The predicted octanol–water partition coefficient (Wildman–Crippen LogP) is 4.20. The number of hydrogen-bond donors (Lipinski definition) is 1. The molecule has 6 nitrogen and oxygen atoms in total. The van der Waals surface area contributed by atoms with Crippen LogP contribution in [0.2, 0.25) is 0 Å². The molecule has 0 unspecified atom stereocenters. The lowest BCUT2D eigenvalue weighted by Gasteiger charge is -2.29. The maximum absolute atomic E-state index is 15.1. The van der Waals surface area contributed by atoms with Crippen LogP contribution >= 0.6 is 11.3 Å². The van der Waals surface area contributed by atoms with Crippen LogP contribution in [0.15, 0.2) is 42.0 Å². The average molecular weight is 437 g/mol. The molecule has 0 atom stereocenters. The monoisotopic (exact) mass is 436 g/mol. The van der Waals surface area contributed by atoms with Crippen LogP contribution in [0.4, 0.5) is 10.1 Å². The van der Waals surface area contributed by atoms with Gasteiger partial charge in [0.2, 0.25) is 0 Å². The van der Waals surface area contributed by atoms with Crippen molar-refractivity contribution in [3.8, 4) is 22.5 Å². The van der Waals surface area contributed by atoms with Crippen LogP contribution in [0.25, 0.3) is 33.4 Å². The van der Waals surface area contributed by atoms with Crippen LogP contribution in [0.5, 0.6) is 0 Å². The summed E-state index contributed by atoms with van der Waals surface area (Å²) >= 11 is 1.38. The molecule has 1 saturated heterocycles. The van der Waals surface area contributed by atoms with Crippen LogP contribution in [0.1, 0.15) is 10.6 Å². The summed E-state index contributed by atoms with van der Waals surface area (Å²) in [5, 5.41) is 12.6. The molecule has 0 spiro atoms. The lowest BCUT2D eigenvalue weighted by atomic mass is 9.98. The Morgan fingerprint density at radius 2 is 1.97 bits per heavy atom. The highest BCUT2D eigenvalue weighted by molar-refractivity contribution is 7.09. The Morgan fingerprint density at radius 3 is 2.74 bits per heavy atom. The minimum Gasteiger partial charge on any atom is -0.389 e. The molecule has 1 aliphatic rings. The second-order valence-electron chi connectivity index (χ2n) is 7.45. The predicted molar refractivity (Wildman–Crippen MR) is 120 cm³/mol. The Hall–Kier alpha value is -2.94. The average Bonchev–Trinajstić information content (AvgIpc) is 3.28. The third-order valence-electron chi connectivity index (χ3n) is 5.53. The van der Waals surface area contributed by atoms with E-state index in [0.717, 1.165) is 46.5 Å². The van der Waals surface area contributed by atoms with Crippen molar-refractivity contribution in [3.63, 3.8) is 0 Å². The van der Waals surface area contributed by atoms with Crippen molar-refractivity contribution in [3.05, 3.63) is 58.4 Å². The number of halogens is 1. The summed E-state index contributed by atoms with van der Waals surface area (Å²) in [5.74, 6) is -0.337. The third kappa shape index (κ3) is 3.78. The number of ether oxygens (including phenoxy) is 1. The zero-order chi connectivity index (χ0) is 21.4. The van der Waals surface area contributed by atoms with Crippen molar-refractivity contribution < 1.29 is 14.2 Å². The van der Waals surface area contributed by atoms with Crippen molar-refractivity contribution in [2.45, 2.75) is 13.5 Å². The molecule has 0 aliphatic carbocycles. The zero-order valence-corrected chi connectivity index (χ0v) is 17.8. The van der Waals surface area contributed by atoms with Crippen LogP contribution in [0, 0.1) is 12.7 Å². The van der Waals surface area contributed by atoms with Crippen molar-refractivity contribution in [1.29, 1.82) is 0 Å². The Kier molecular flexibility index (Phi) is 5.35. The number of morpholine rings is 1. The molecule has 158 valence electrons. The largest absolute Gasteiger partial charge is 0.389 e. The molecule has 0 bridgehead atoms. The maximum atomic E-state index is 15.1. The number of fused-ring (bicyclic) bond motifs is 1. The Balaban J connectivity index is 1.60. The van der Waals surface area contributed by atoms with E-state index < -0.39 is 0 Å². The van der Waals surface area contributed by atoms with Gasteiger partial charge >= 0.3 is 0 Å². The lowest BCUT2D eigenvalue weighted by Crippen LogP contribution is -2.36. The number of aryl methyl sites for hydroxylation is 1. The standard InChI is InChI=1S/C23H21FN4O2S/c1-14-8-19(24)18(10-17(14)21-12-31-22(11-29)27-21)23-16-3-2-15(9-20(16)25-13-26-23)28-4-6-30-7-5-28/h2-3,8-10,12-13,29H,4-7,11H2,1H3. The number of thiazole rings is 1. The smallest absolute Gasteiger partial charge is 0.132 e. The van der Waals surface area contributed by atoms with Crippen LogP contribution < -0.4 is 4.90 Å². The zero-order valence-electron chi connectivity index (χ0n) is 17.0. The van der Waals surface area contributed by atoms with Gasteiger partial charge in [-0.15, -0.1) is 11.3 Å². The first-order valence-corrected chi connectivity index (χ1v) is 11.0. The molecule has 1 aliphatic heterocycles. The van der Waals surface area contributed by atoms with Crippen LogP contribution in [0.3, 0.4) is 0 Å². The van der Waals surface area contributed by atoms with E-state index in [9.17, 15) is 5.11 Å². The number of benzene rings is 2. The van der Waals surface area contributed by atoms with E-state index in [0.29, 0.717) is 29.5 Å². The normalized spacial score (nSPS) is 14.4. The van der Waals surface area contributed by atoms with Gasteiger partial charge in [-0.2, -0.15) is 0 Å². The highest BCUT2D eigenvalue weighted by Gasteiger charge is 2.18. The van der Waals surface area contributed by atoms with E-state index >= 15 is 4.39 Å². The molecule has 0 amide bonds. The van der Waals surface area contributed by atoms with Crippen LogP contribution in [-0.4, -0.2) is 46.4 Å². The molecule has 5 rings (SSSR count). The number of rotatable bonds is 4. The SMILES string of the molecule is Cc1cc(F)c(-c2ncnc3cc(N4CCOCC4)ccc23)cc1-c1csc(CO)n1. The molecule has 8 heteroatoms. The number of hydrogen-bond acceptors (Lipinski definition) is 7. The van der Waals surface area contributed by atoms with E-state index in [2.05, 4.69) is 19.9 Å². The second kappa shape index (κ2) is 8.30. The topological polar surface area (TPSA) is 71.4 Å². The van der Waals surface area contributed by atoms with Gasteiger partial charge in [0.15, 0.2) is 0 Å². The molecule has 1 fully saturated rings. The summed E-state index contributed by atoms with van der Waals surface area (Å²) in [6, 6.07) is 9.31. The van der Waals surface area contributed by atoms with Gasteiger partial charge in [-0.05, 0) is 42.8 Å². The minimum atomic E-state index is -0.337. The number of aliphatic hydroxyl groups is 1. The molecule has 0 radical (unpaired) electrons. The van der Waals surface area contributed by atoms with E-state index in [-0.39, 0.29) is 12.4 Å². The van der Waals surface area contributed by atoms with Crippen molar-refractivity contribution in [1.82, 2.24) is 15.0 Å². The van der Waals surface area contributed by atoms with Gasteiger partial charge in [0.1, 0.15) is 17.2 Å². The highest BCUT2D eigenvalue weighted by Crippen LogP contribution is 2.35. The van der Waals surface area contributed by atoms with Crippen molar-refractivity contribution in [2.75, 3.05) is 31.2 Å². The van der Waals surface area contributed by atoms with Crippen molar-refractivity contribution >= 4 is 27.9 Å². The Labute approximate surface area is 183 Å². The summed E-state index contributed by atoms with van der Waals surface area (Å²) in [7, 11) is 0. The fourth-order valence-electron chi connectivity index (χ4n) is 3.92. The molecular formula is C23H21FN4O2S. The summed E-state index contributed by atoms with van der Waals surface area (Å²) in [6.45, 7) is 4.83. The molecule has 2 aromatic heterocycles. The van der Waals surface area contributed by atoms with Gasteiger partial charge in [-0.3, -0.25) is 0 Å². The van der Waals surface area contributed by atoms with E-state index in [4.69, 9.17) is 4.74 Å². The Morgan fingerprint density at radius 1 is 1.13 bits per heavy atom. The third-order valence-corrected chi connectivity index (χ3v) is 6.36. The van der Waals surface area contributed by atoms with Gasteiger partial charge in [0.05, 0.1) is 36.7 Å². The minimum absolute atomic E-state index is 0.111. The van der Waals surface area contributed by atoms with Gasteiger partial charge in [-0.1, -0.05) is 0 Å². The van der Waals surface area contributed by atoms with E-state index in [1.807, 2.05) is 30.5 Å². The lowest BCUT2D eigenvalue weighted by molar-refractivity contribution is 0.122.